The first-order valence-corrected chi connectivity index (χ1v) is 7.88. The van der Waals surface area contributed by atoms with Crippen molar-refractivity contribution in [2.24, 2.45) is 0 Å². The molecule has 0 fully saturated rings. The van der Waals surface area contributed by atoms with Gasteiger partial charge in [0.05, 0.1) is 30.6 Å². The van der Waals surface area contributed by atoms with Crippen LogP contribution in [0.4, 0.5) is 0 Å². The molecule has 0 unspecified atom stereocenters. The molecule has 0 aliphatic carbocycles. The summed E-state index contributed by atoms with van der Waals surface area (Å²) in [4.78, 5) is 39.3. The number of benzene rings is 1. The minimum Gasteiger partial charge on any atom is -0.464 e. The summed E-state index contributed by atoms with van der Waals surface area (Å²) in [6, 6.07) is 4.92. The monoisotopic (exact) mass is 367 g/mol. The van der Waals surface area contributed by atoms with E-state index in [4.69, 9.17) is 13.9 Å². The highest BCUT2D eigenvalue weighted by atomic mass is 16.5. The molecule has 9 nitrogen and oxygen atoms in total. The van der Waals surface area contributed by atoms with Crippen molar-refractivity contribution < 1.29 is 23.5 Å². The van der Waals surface area contributed by atoms with Crippen molar-refractivity contribution in [3.8, 4) is 0 Å². The van der Waals surface area contributed by atoms with Gasteiger partial charge in [-0.1, -0.05) is 0 Å². The Morgan fingerprint density at radius 1 is 1.04 bits per heavy atom. The lowest BCUT2D eigenvalue weighted by molar-refractivity contribution is 0.0577. The number of esters is 2. The first kappa shape index (κ1) is 16.7. The summed E-state index contributed by atoms with van der Waals surface area (Å²) in [5.41, 5.74) is 1.03. The Morgan fingerprint density at radius 3 is 2.41 bits per heavy atom. The molecule has 27 heavy (non-hydrogen) atoms. The second kappa shape index (κ2) is 5.90. The smallest absolute Gasteiger partial charge is 0.360 e. The fourth-order valence-corrected chi connectivity index (χ4v) is 3.15. The van der Waals surface area contributed by atoms with Crippen molar-refractivity contribution in [1.29, 1.82) is 0 Å². The molecule has 136 valence electrons. The molecule has 9 heteroatoms. The van der Waals surface area contributed by atoms with Crippen LogP contribution in [0.2, 0.25) is 0 Å². The van der Waals surface area contributed by atoms with Crippen LogP contribution in [0, 0.1) is 6.92 Å². The zero-order chi connectivity index (χ0) is 19.3. The van der Waals surface area contributed by atoms with Crippen LogP contribution in [0.3, 0.4) is 0 Å². The van der Waals surface area contributed by atoms with Crippen molar-refractivity contribution in [2.45, 2.75) is 6.92 Å². The van der Waals surface area contributed by atoms with Gasteiger partial charge in [0, 0.05) is 16.8 Å². The number of ether oxygens (including phenoxy) is 2. The van der Waals surface area contributed by atoms with Gasteiger partial charge in [0.1, 0.15) is 5.58 Å². The van der Waals surface area contributed by atoms with E-state index in [1.54, 1.807) is 19.1 Å². The van der Waals surface area contributed by atoms with Gasteiger partial charge in [0.2, 0.25) is 0 Å². The molecule has 0 saturated carbocycles. The summed E-state index contributed by atoms with van der Waals surface area (Å²) in [5.74, 6) is -1.46. The third kappa shape index (κ3) is 2.35. The normalized spacial score (nSPS) is 11.2. The van der Waals surface area contributed by atoms with Gasteiger partial charge in [-0.3, -0.25) is 0 Å². The molecule has 4 rings (SSSR count). The maximum atomic E-state index is 12.2. The second-order valence-corrected chi connectivity index (χ2v) is 5.87. The van der Waals surface area contributed by atoms with E-state index in [0.717, 1.165) is 0 Å². The van der Waals surface area contributed by atoms with Gasteiger partial charge < -0.3 is 18.9 Å². The van der Waals surface area contributed by atoms with E-state index in [2.05, 4.69) is 15.2 Å². The number of nitrogens with zero attached hydrogens (tertiary/aromatic N) is 2. The molecule has 1 aromatic carbocycles. The van der Waals surface area contributed by atoms with Crippen LogP contribution in [0.25, 0.3) is 32.8 Å². The van der Waals surface area contributed by atoms with E-state index < -0.39 is 17.6 Å². The molecule has 3 heterocycles. The topological polar surface area (TPSA) is 124 Å². The van der Waals surface area contributed by atoms with Gasteiger partial charge in [-0.05, 0) is 24.6 Å². The van der Waals surface area contributed by atoms with Gasteiger partial charge in [0.15, 0.2) is 11.4 Å². The molecule has 0 aliphatic heterocycles. The Morgan fingerprint density at radius 2 is 1.70 bits per heavy atom. The fraction of sp³-hybridized carbons (Fsp3) is 0.167. The average Bonchev–Trinajstić information content (AvgIpc) is 3.05. The van der Waals surface area contributed by atoms with Crippen molar-refractivity contribution in [3.63, 3.8) is 0 Å². The van der Waals surface area contributed by atoms with Crippen molar-refractivity contribution in [3.05, 3.63) is 45.6 Å². The standard InChI is InChI=1S/C18H13N3O6/c1-7-6-10(22)27-16-8(7)4-5-9-11(16)12-13(19-9)15(18(24)26-3)21-20-14(12)17(23)25-2/h4-6,19H,1-3H3. The van der Waals surface area contributed by atoms with Gasteiger partial charge in [-0.25, -0.2) is 14.4 Å². The highest BCUT2D eigenvalue weighted by Gasteiger charge is 2.26. The number of hydrogen-bond acceptors (Lipinski definition) is 8. The number of H-pyrrole nitrogens is 1. The van der Waals surface area contributed by atoms with Gasteiger partial charge in [0.25, 0.3) is 0 Å². The molecule has 0 amide bonds. The van der Waals surface area contributed by atoms with Crippen molar-refractivity contribution >= 4 is 44.7 Å². The summed E-state index contributed by atoms with van der Waals surface area (Å²) in [6.07, 6.45) is 0. The summed E-state index contributed by atoms with van der Waals surface area (Å²) >= 11 is 0. The van der Waals surface area contributed by atoms with E-state index in [-0.39, 0.29) is 27.9 Å². The first-order valence-electron chi connectivity index (χ1n) is 7.88. The predicted octanol–water partition coefficient (Wildman–Crippen LogP) is 2.10. The number of carbonyl (C=O) groups excluding carboxylic acids is 2. The molecular weight excluding hydrogens is 354 g/mol. The zero-order valence-electron chi connectivity index (χ0n) is 14.6. The Bertz CT molecular complexity index is 1320. The molecule has 0 spiro atoms. The lowest BCUT2D eigenvalue weighted by atomic mass is 10.1. The van der Waals surface area contributed by atoms with E-state index in [1.807, 2.05) is 0 Å². The van der Waals surface area contributed by atoms with Crippen LogP contribution < -0.4 is 5.63 Å². The highest BCUT2D eigenvalue weighted by molar-refractivity contribution is 6.25. The van der Waals surface area contributed by atoms with Crippen LogP contribution in [0.15, 0.2) is 27.4 Å². The minimum absolute atomic E-state index is 0.0977. The van der Waals surface area contributed by atoms with Gasteiger partial charge in [-0.15, -0.1) is 10.2 Å². The van der Waals surface area contributed by atoms with E-state index >= 15 is 0 Å². The Hall–Kier alpha value is -3.75. The zero-order valence-corrected chi connectivity index (χ0v) is 14.6. The quantitative estimate of drug-likeness (QED) is 0.422. The summed E-state index contributed by atoms with van der Waals surface area (Å²) in [7, 11) is 2.42. The lowest BCUT2D eigenvalue weighted by Gasteiger charge is -2.05. The van der Waals surface area contributed by atoms with Crippen LogP contribution in [-0.4, -0.2) is 41.3 Å². The second-order valence-electron chi connectivity index (χ2n) is 5.87. The Labute approximate surface area is 150 Å². The molecular formula is C18H13N3O6. The first-order chi connectivity index (χ1) is 13.0. The minimum atomic E-state index is -0.739. The fourth-order valence-electron chi connectivity index (χ4n) is 3.15. The van der Waals surface area contributed by atoms with Crippen LogP contribution in [0.1, 0.15) is 26.5 Å². The van der Waals surface area contributed by atoms with Gasteiger partial charge >= 0.3 is 17.6 Å². The van der Waals surface area contributed by atoms with Crippen molar-refractivity contribution in [2.75, 3.05) is 14.2 Å². The molecule has 0 atom stereocenters. The Balaban J connectivity index is 2.30. The number of methoxy groups -OCH3 is 2. The summed E-state index contributed by atoms with van der Waals surface area (Å²) in [5, 5.41) is 9.06. The SMILES string of the molecule is COC(=O)c1nnc(C(=O)OC)c2c1[nH]c1ccc3c(C)cc(=O)oc3c12. The maximum absolute atomic E-state index is 12.2. The number of hydrogen-bond donors (Lipinski definition) is 1. The number of aryl methyl sites for hydroxylation is 1. The van der Waals surface area contributed by atoms with E-state index in [0.29, 0.717) is 21.9 Å². The largest absolute Gasteiger partial charge is 0.464 e. The molecule has 0 saturated heterocycles. The third-order valence-corrected chi connectivity index (χ3v) is 4.36. The summed E-state index contributed by atoms with van der Waals surface area (Å²) in [6.45, 7) is 1.78. The van der Waals surface area contributed by atoms with Crippen LogP contribution >= 0.6 is 0 Å². The molecule has 0 aliphatic rings. The molecule has 3 aromatic heterocycles. The molecule has 1 N–H and O–H groups in total. The van der Waals surface area contributed by atoms with Crippen LogP contribution in [0.5, 0.6) is 0 Å². The Kier molecular flexibility index (Phi) is 3.65. The summed E-state index contributed by atoms with van der Waals surface area (Å²) < 4.78 is 15.0. The number of aromatic nitrogens is 3. The van der Waals surface area contributed by atoms with E-state index in [1.165, 1.54) is 20.3 Å². The molecule has 4 aromatic rings. The highest BCUT2D eigenvalue weighted by Crippen LogP contribution is 2.35. The predicted molar refractivity (Wildman–Crippen MR) is 94.9 cm³/mol. The van der Waals surface area contributed by atoms with Gasteiger partial charge in [-0.2, -0.15) is 0 Å². The number of carbonyl (C=O) groups is 2. The average molecular weight is 367 g/mol. The van der Waals surface area contributed by atoms with Crippen molar-refractivity contribution in [1.82, 2.24) is 15.2 Å². The molecule has 0 bridgehead atoms. The van der Waals surface area contributed by atoms with Crippen LogP contribution in [-0.2, 0) is 9.47 Å². The van der Waals surface area contributed by atoms with E-state index in [9.17, 15) is 14.4 Å². The lowest BCUT2D eigenvalue weighted by Crippen LogP contribution is -2.12. The third-order valence-electron chi connectivity index (χ3n) is 4.36. The number of rotatable bonds is 2. The maximum Gasteiger partial charge on any atom is 0.360 e. The number of fused-ring (bicyclic) bond motifs is 5. The molecule has 0 radical (unpaired) electrons. The number of aromatic amines is 1. The number of nitrogens with one attached hydrogen (secondary N) is 1.